The van der Waals surface area contributed by atoms with Crippen LogP contribution in [0.2, 0.25) is 0 Å². The van der Waals surface area contributed by atoms with E-state index in [1.54, 1.807) is 13.2 Å². The van der Waals surface area contributed by atoms with Crippen LogP contribution in [0.15, 0.2) is 34.8 Å². The van der Waals surface area contributed by atoms with Crippen LogP contribution in [0.3, 0.4) is 0 Å². The lowest BCUT2D eigenvalue weighted by Crippen LogP contribution is -2.08. The Kier molecular flexibility index (Phi) is 3.89. The lowest BCUT2D eigenvalue weighted by atomic mass is 10.1. The number of hydrogen-bond acceptors (Lipinski definition) is 2. The molecule has 0 aromatic heterocycles. The third-order valence-corrected chi connectivity index (χ3v) is 4.59. The summed E-state index contributed by atoms with van der Waals surface area (Å²) in [5.41, 5.74) is 3.95. The summed E-state index contributed by atoms with van der Waals surface area (Å²) < 4.78 is 20.1. The average molecular weight is 350 g/mol. The van der Waals surface area contributed by atoms with Crippen molar-refractivity contribution in [2.24, 2.45) is 0 Å². The van der Waals surface area contributed by atoms with Gasteiger partial charge in [0.05, 0.1) is 23.3 Å². The minimum atomic E-state index is -0.132. The molecule has 0 saturated carbocycles. The van der Waals surface area contributed by atoms with E-state index in [1.165, 1.54) is 0 Å². The zero-order chi connectivity index (χ0) is 15.0. The Morgan fingerprint density at radius 1 is 1.29 bits per heavy atom. The molecule has 0 aliphatic heterocycles. The molecule has 0 spiro atoms. The number of hydrogen-bond donors (Lipinski definition) is 1. The first-order valence-electron chi connectivity index (χ1n) is 6.98. The fourth-order valence-corrected chi connectivity index (χ4v) is 3.26. The first kappa shape index (κ1) is 14.4. The van der Waals surface area contributed by atoms with Crippen LogP contribution in [-0.4, -0.2) is 7.11 Å². The van der Waals surface area contributed by atoms with Gasteiger partial charge in [0.15, 0.2) is 0 Å². The second-order valence-corrected chi connectivity index (χ2v) is 6.22. The van der Waals surface area contributed by atoms with Gasteiger partial charge in [-0.2, -0.15) is 0 Å². The molecule has 2 nitrogen and oxygen atoms in total. The number of rotatable bonds is 3. The summed E-state index contributed by atoms with van der Waals surface area (Å²) in [6.45, 7) is 2.03. The molecule has 0 heterocycles. The molecule has 0 fully saturated rings. The summed E-state index contributed by atoms with van der Waals surface area (Å²) >= 11 is 3.25. The zero-order valence-corrected chi connectivity index (χ0v) is 13.6. The van der Waals surface area contributed by atoms with Gasteiger partial charge < -0.3 is 10.1 Å². The molecule has 3 rings (SSSR count). The molecule has 1 atom stereocenters. The molecule has 1 aliphatic carbocycles. The largest absolute Gasteiger partial charge is 0.495 e. The van der Waals surface area contributed by atoms with Crippen molar-refractivity contribution in [2.45, 2.75) is 25.8 Å². The Balaban J connectivity index is 1.91. The van der Waals surface area contributed by atoms with Crippen LogP contribution < -0.4 is 10.1 Å². The van der Waals surface area contributed by atoms with E-state index in [0.29, 0.717) is 4.47 Å². The van der Waals surface area contributed by atoms with Crippen molar-refractivity contribution in [3.8, 4) is 5.75 Å². The number of anilines is 1. The van der Waals surface area contributed by atoms with Gasteiger partial charge in [0.2, 0.25) is 0 Å². The Morgan fingerprint density at radius 2 is 2.10 bits per heavy atom. The highest BCUT2D eigenvalue weighted by molar-refractivity contribution is 9.10. The van der Waals surface area contributed by atoms with Crippen LogP contribution in [-0.2, 0) is 6.42 Å². The molecular formula is C17H17BrFNO. The van der Waals surface area contributed by atoms with Crippen molar-refractivity contribution in [2.75, 3.05) is 12.4 Å². The molecule has 0 saturated heterocycles. The first-order valence-corrected chi connectivity index (χ1v) is 7.77. The maximum Gasteiger partial charge on any atom is 0.142 e. The van der Waals surface area contributed by atoms with Crippen molar-refractivity contribution in [3.63, 3.8) is 0 Å². The topological polar surface area (TPSA) is 21.3 Å². The zero-order valence-electron chi connectivity index (χ0n) is 12.0. The highest BCUT2D eigenvalue weighted by atomic mass is 79.9. The van der Waals surface area contributed by atoms with E-state index in [1.807, 2.05) is 31.2 Å². The number of fused-ring (bicyclic) bond motifs is 1. The smallest absolute Gasteiger partial charge is 0.142 e. The summed E-state index contributed by atoms with van der Waals surface area (Å²) in [5, 5.41) is 3.48. The van der Waals surface area contributed by atoms with Gasteiger partial charge >= 0.3 is 0 Å². The minimum absolute atomic E-state index is 0.124. The number of ether oxygens (including phenoxy) is 1. The highest BCUT2D eigenvalue weighted by Crippen LogP contribution is 2.39. The third-order valence-electron chi connectivity index (χ3n) is 3.98. The van der Waals surface area contributed by atoms with Gasteiger partial charge in [-0.15, -0.1) is 0 Å². The summed E-state index contributed by atoms with van der Waals surface area (Å²) in [7, 11) is 1.67. The van der Waals surface area contributed by atoms with Crippen LogP contribution in [0.5, 0.6) is 5.75 Å². The fourth-order valence-electron chi connectivity index (χ4n) is 2.89. The predicted octanol–water partition coefficient (Wildman–Crippen LogP) is 5.00. The number of nitrogens with one attached hydrogen (secondary N) is 1. The van der Waals surface area contributed by atoms with Crippen molar-refractivity contribution in [1.82, 2.24) is 0 Å². The van der Waals surface area contributed by atoms with Crippen LogP contribution in [0.25, 0.3) is 0 Å². The van der Waals surface area contributed by atoms with Crippen molar-refractivity contribution >= 4 is 21.6 Å². The molecule has 0 amide bonds. The van der Waals surface area contributed by atoms with Gasteiger partial charge in [0.1, 0.15) is 11.6 Å². The number of methoxy groups -OCH3 is 1. The molecule has 1 N–H and O–H groups in total. The summed E-state index contributed by atoms with van der Waals surface area (Å²) in [4.78, 5) is 0. The minimum Gasteiger partial charge on any atom is -0.495 e. The molecule has 0 bridgehead atoms. The molecular weight excluding hydrogens is 333 g/mol. The Morgan fingerprint density at radius 3 is 2.86 bits per heavy atom. The predicted molar refractivity (Wildman–Crippen MR) is 86.5 cm³/mol. The average Bonchev–Trinajstić information content (AvgIpc) is 2.88. The van der Waals surface area contributed by atoms with E-state index in [2.05, 4.69) is 21.2 Å². The van der Waals surface area contributed by atoms with E-state index in [9.17, 15) is 4.39 Å². The lowest BCUT2D eigenvalue weighted by Gasteiger charge is -2.18. The summed E-state index contributed by atoms with van der Waals surface area (Å²) in [6, 6.07) is 9.96. The van der Waals surface area contributed by atoms with Crippen molar-refractivity contribution in [3.05, 3.63) is 57.3 Å². The Labute approximate surface area is 132 Å². The molecule has 4 heteroatoms. The van der Waals surface area contributed by atoms with E-state index < -0.39 is 0 Å². The van der Waals surface area contributed by atoms with Crippen LogP contribution in [0.1, 0.15) is 29.2 Å². The van der Waals surface area contributed by atoms with Gasteiger partial charge in [0, 0.05) is 0 Å². The number of aryl methyl sites for hydroxylation is 1. The third kappa shape index (κ3) is 2.64. The highest BCUT2D eigenvalue weighted by Gasteiger charge is 2.26. The van der Waals surface area contributed by atoms with Crippen LogP contribution in [0.4, 0.5) is 10.1 Å². The van der Waals surface area contributed by atoms with E-state index in [4.69, 9.17) is 4.74 Å². The number of benzene rings is 2. The van der Waals surface area contributed by atoms with E-state index >= 15 is 0 Å². The second-order valence-electron chi connectivity index (χ2n) is 5.37. The van der Waals surface area contributed by atoms with Crippen molar-refractivity contribution < 1.29 is 9.13 Å². The van der Waals surface area contributed by atoms with Gasteiger partial charge in [-0.25, -0.2) is 4.39 Å². The van der Waals surface area contributed by atoms with Gasteiger partial charge in [-0.1, -0.05) is 12.1 Å². The Bertz CT molecular complexity index is 687. The van der Waals surface area contributed by atoms with Crippen LogP contribution in [0, 0.1) is 12.7 Å². The molecule has 2 aromatic carbocycles. The maximum absolute atomic E-state index is 14.1. The summed E-state index contributed by atoms with van der Waals surface area (Å²) in [6.07, 6.45) is 1.65. The second kappa shape index (κ2) is 5.68. The standard InChI is InChI=1S/C17H17BrFNO/c1-10-3-7-15(16(9-10)21-2)20-14-8-5-12-11(14)4-6-13(18)17(12)19/h3-4,6-7,9,14,20H,5,8H2,1-2H3. The quantitative estimate of drug-likeness (QED) is 0.841. The first-order chi connectivity index (χ1) is 10.1. The normalized spacial score (nSPS) is 16.7. The summed E-state index contributed by atoms with van der Waals surface area (Å²) in [5.74, 6) is 0.689. The van der Waals surface area contributed by atoms with Gasteiger partial charge in [0.25, 0.3) is 0 Å². The lowest BCUT2D eigenvalue weighted by molar-refractivity contribution is 0.415. The van der Waals surface area contributed by atoms with Crippen LogP contribution >= 0.6 is 15.9 Å². The fraction of sp³-hybridized carbons (Fsp3) is 0.294. The molecule has 0 radical (unpaired) electrons. The molecule has 1 unspecified atom stereocenters. The SMILES string of the molecule is COc1cc(C)ccc1NC1CCc2c1ccc(Br)c2F. The van der Waals surface area contributed by atoms with Crippen molar-refractivity contribution in [1.29, 1.82) is 0 Å². The van der Waals surface area contributed by atoms with Gasteiger partial charge in [-0.3, -0.25) is 0 Å². The Hall–Kier alpha value is -1.55. The molecule has 1 aliphatic rings. The molecule has 110 valence electrons. The van der Waals surface area contributed by atoms with E-state index in [-0.39, 0.29) is 11.9 Å². The molecule has 21 heavy (non-hydrogen) atoms. The molecule has 2 aromatic rings. The number of halogens is 2. The maximum atomic E-state index is 14.1. The monoisotopic (exact) mass is 349 g/mol. The van der Waals surface area contributed by atoms with E-state index in [0.717, 1.165) is 41.0 Å². The van der Waals surface area contributed by atoms with Gasteiger partial charge in [-0.05, 0) is 70.6 Å².